The van der Waals surface area contributed by atoms with E-state index in [9.17, 15) is 9.59 Å². The molecule has 8 heteroatoms. The van der Waals surface area contributed by atoms with Crippen LogP contribution < -0.4 is 11.0 Å². The molecule has 2 heterocycles. The van der Waals surface area contributed by atoms with Gasteiger partial charge in [-0.15, -0.1) is 0 Å². The van der Waals surface area contributed by atoms with Crippen molar-refractivity contribution in [3.63, 3.8) is 0 Å². The largest absolute Gasteiger partial charge is 0.282 e. The maximum Gasteiger partial charge on any atom is 0.282 e. The number of hydrogen-bond acceptors (Lipinski definition) is 4. The highest BCUT2D eigenvalue weighted by Crippen LogP contribution is 2.32. The molecule has 0 atom stereocenters. The van der Waals surface area contributed by atoms with Crippen LogP contribution in [0.25, 0.3) is 10.9 Å². The first-order valence-corrected chi connectivity index (χ1v) is 13.0. The van der Waals surface area contributed by atoms with E-state index in [1.165, 1.54) is 11.1 Å². The summed E-state index contributed by atoms with van der Waals surface area (Å²) in [6, 6.07) is 16.6. The van der Waals surface area contributed by atoms with Crippen LogP contribution in [0.3, 0.4) is 0 Å². The molecule has 1 aliphatic carbocycles. The van der Waals surface area contributed by atoms with Gasteiger partial charge < -0.3 is 0 Å². The van der Waals surface area contributed by atoms with E-state index in [2.05, 4.69) is 26.5 Å². The van der Waals surface area contributed by atoms with Crippen molar-refractivity contribution in [3.05, 3.63) is 97.8 Å². The molecule has 7 nitrogen and oxygen atoms in total. The Labute approximate surface area is 218 Å². The Hall–Kier alpha value is -3.52. The highest BCUT2D eigenvalue weighted by molar-refractivity contribution is 9.10. The summed E-state index contributed by atoms with van der Waals surface area (Å²) in [5.41, 5.74) is 6.54. The SMILES string of the molecule is Cc1cc(C=Nn2c(C3CCCCC3)nc3ccc(Br)cc3c2=O)c(C)n1NC(=O)c1ccccc1. The van der Waals surface area contributed by atoms with E-state index in [0.29, 0.717) is 16.5 Å². The Bertz CT molecular complexity index is 1510. The van der Waals surface area contributed by atoms with Crippen LogP contribution in [0.1, 0.15) is 71.2 Å². The number of halogens is 1. The monoisotopic (exact) mass is 545 g/mol. The van der Waals surface area contributed by atoms with Crippen molar-refractivity contribution >= 4 is 39.0 Å². The van der Waals surface area contributed by atoms with Gasteiger partial charge in [-0.25, -0.2) is 4.98 Å². The van der Waals surface area contributed by atoms with Gasteiger partial charge in [-0.05, 0) is 63.1 Å². The highest BCUT2D eigenvalue weighted by Gasteiger charge is 2.22. The number of carbonyl (C=O) groups is 1. The third-order valence-electron chi connectivity index (χ3n) is 6.84. The molecule has 2 aromatic carbocycles. The average Bonchev–Trinajstić information content (AvgIpc) is 3.16. The molecule has 1 fully saturated rings. The predicted molar refractivity (Wildman–Crippen MR) is 147 cm³/mol. The molecule has 184 valence electrons. The quantitative estimate of drug-likeness (QED) is 0.317. The zero-order valence-electron chi connectivity index (χ0n) is 20.4. The third kappa shape index (κ3) is 4.78. The van der Waals surface area contributed by atoms with Crippen molar-refractivity contribution in [2.75, 3.05) is 5.43 Å². The zero-order valence-corrected chi connectivity index (χ0v) is 22.0. The van der Waals surface area contributed by atoms with Gasteiger partial charge in [-0.1, -0.05) is 53.4 Å². The van der Waals surface area contributed by atoms with Gasteiger partial charge >= 0.3 is 0 Å². The lowest BCUT2D eigenvalue weighted by Crippen LogP contribution is -2.25. The Morgan fingerprint density at radius 3 is 2.58 bits per heavy atom. The molecule has 0 unspecified atom stereocenters. The fourth-order valence-corrected chi connectivity index (χ4v) is 5.23. The van der Waals surface area contributed by atoms with Crippen molar-refractivity contribution in [1.82, 2.24) is 14.3 Å². The Morgan fingerprint density at radius 1 is 1.08 bits per heavy atom. The van der Waals surface area contributed by atoms with Crippen molar-refractivity contribution in [1.29, 1.82) is 0 Å². The highest BCUT2D eigenvalue weighted by atomic mass is 79.9. The number of hydrogen-bond donors (Lipinski definition) is 1. The van der Waals surface area contributed by atoms with Gasteiger partial charge in [0.25, 0.3) is 11.5 Å². The van der Waals surface area contributed by atoms with E-state index in [1.807, 2.05) is 50.2 Å². The lowest BCUT2D eigenvalue weighted by molar-refractivity contribution is 0.101. The number of aryl methyl sites for hydroxylation is 1. The summed E-state index contributed by atoms with van der Waals surface area (Å²) in [4.78, 5) is 31.1. The van der Waals surface area contributed by atoms with Crippen LogP contribution in [0.5, 0.6) is 0 Å². The number of amides is 1. The van der Waals surface area contributed by atoms with Crippen LogP contribution in [-0.2, 0) is 0 Å². The zero-order chi connectivity index (χ0) is 25.2. The number of aromatic nitrogens is 3. The maximum absolute atomic E-state index is 13.6. The molecule has 0 spiro atoms. The van der Waals surface area contributed by atoms with Crippen molar-refractivity contribution in [2.24, 2.45) is 5.10 Å². The van der Waals surface area contributed by atoms with Gasteiger partial charge in [0.1, 0.15) is 5.82 Å². The summed E-state index contributed by atoms with van der Waals surface area (Å²) in [5, 5.41) is 5.19. The van der Waals surface area contributed by atoms with Crippen LogP contribution >= 0.6 is 15.9 Å². The lowest BCUT2D eigenvalue weighted by Gasteiger charge is -2.22. The van der Waals surface area contributed by atoms with Crippen LogP contribution in [0.4, 0.5) is 0 Å². The molecule has 1 saturated carbocycles. The van der Waals surface area contributed by atoms with E-state index in [4.69, 9.17) is 4.98 Å². The second kappa shape index (κ2) is 10.2. The second-order valence-corrected chi connectivity index (χ2v) is 10.2. The van der Waals surface area contributed by atoms with Gasteiger partial charge in [0.05, 0.1) is 17.1 Å². The number of carbonyl (C=O) groups excluding carboxylic acids is 1. The minimum absolute atomic E-state index is 0.177. The summed E-state index contributed by atoms with van der Waals surface area (Å²) in [6.07, 6.45) is 7.17. The maximum atomic E-state index is 13.6. The summed E-state index contributed by atoms with van der Waals surface area (Å²) >= 11 is 3.47. The van der Waals surface area contributed by atoms with Crippen LogP contribution in [-0.4, -0.2) is 26.5 Å². The number of fused-ring (bicyclic) bond motifs is 1. The standard InChI is InChI=1S/C28H28BrN5O2/c1-18-15-22(19(2)33(18)32-27(35)21-11-7-4-8-12-21)17-30-34-26(20-9-5-3-6-10-20)31-25-14-13-23(29)16-24(25)28(34)36/h4,7-8,11-17,20H,3,5-6,9-10H2,1-2H3,(H,32,35). The minimum Gasteiger partial charge on any atom is -0.267 e. The lowest BCUT2D eigenvalue weighted by atomic mass is 9.88. The summed E-state index contributed by atoms with van der Waals surface area (Å²) in [7, 11) is 0. The van der Waals surface area contributed by atoms with Gasteiger partial charge in [-0.2, -0.15) is 9.78 Å². The molecular formula is C28H28BrN5O2. The normalized spacial score (nSPS) is 14.5. The fraction of sp³-hybridized carbons (Fsp3) is 0.286. The predicted octanol–water partition coefficient (Wildman–Crippen LogP) is 5.89. The molecule has 5 rings (SSSR count). The van der Waals surface area contributed by atoms with Gasteiger partial charge in [0.15, 0.2) is 0 Å². The summed E-state index contributed by atoms with van der Waals surface area (Å²) in [6.45, 7) is 3.84. The molecule has 1 amide bonds. The molecule has 0 radical (unpaired) electrons. The van der Waals surface area contributed by atoms with Gasteiger partial charge in [-0.3, -0.25) is 19.7 Å². The molecule has 1 N–H and O–H groups in total. The molecule has 0 bridgehead atoms. The number of benzene rings is 2. The molecule has 4 aromatic rings. The summed E-state index contributed by atoms with van der Waals surface area (Å²) < 4.78 is 4.05. The Morgan fingerprint density at radius 2 is 1.83 bits per heavy atom. The van der Waals surface area contributed by atoms with Crippen LogP contribution in [0.15, 0.2) is 69.0 Å². The first-order valence-electron chi connectivity index (χ1n) is 12.2. The molecule has 0 aliphatic heterocycles. The van der Waals surface area contributed by atoms with E-state index in [1.54, 1.807) is 29.1 Å². The first kappa shape index (κ1) is 24.2. The van der Waals surface area contributed by atoms with Crippen molar-refractivity contribution in [3.8, 4) is 0 Å². The minimum atomic E-state index is -0.194. The molecule has 2 aromatic heterocycles. The Kier molecular flexibility index (Phi) is 6.87. The van der Waals surface area contributed by atoms with E-state index in [-0.39, 0.29) is 17.4 Å². The molecular weight excluding hydrogens is 518 g/mol. The van der Waals surface area contributed by atoms with E-state index < -0.39 is 0 Å². The van der Waals surface area contributed by atoms with E-state index >= 15 is 0 Å². The Balaban J connectivity index is 1.53. The van der Waals surface area contributed by atoms with Crippen LogP contribution in [0.2, 0.25) is 0 Å². The van der Waals surface area contributed by atoms with E-state index in [0.717, 1.165) is 52.9 Å². The summed E-state index contributed by atoms with van der Waals surface area (Å²) in [5.74, 6) is 0.729. The number of nitrogens with zero attached hydrogens (tertiary/aromatic N) is 4. The molecule has 36 heavy (non-hydrogen) atoms. The average molecular weight is 546 g/mol. The topological polar surface area (TPSA) is 81.3 Å². The van der Waals surface area contributed by atoms with Crippen molar-refractivity contribution in [2.45, 2.75) is 51.9 Å². The van der Waals surface area contributed by atoms with Crippen LogP contribution in [0, 0.1) is 13.8 Å². The molecule has 1 aliphatic rings. The van der Waals surface area contributed by atoms with Crippen molar-refractivity contribution < 1.29 is 4.79 Å². The van der Waals surface area contributed by atoms with Gasteiger partial charge in [0.2, 0.25) is 0 Å². The fourth-order valence-electron chi connectivity index (χ4n) is 4.87. The first-order chi connectivity index (χ1) is 17.4. The smallest absolute Gasteiger partial charge is 0.267 e. The number of nitrogens with one attached hydrogen (secondary N) is 1. The second-order valence-electron chi connectivity index (χ2n) is 9.30. The molecule has 0 saturated heterocycles. The third-order valence-corrected chi connectivity index (χ3v) is 7.33. The van der Waals surface area contributed by atoms with Gasteiger partial charge in [0, 0.05) is 32.9 Å². The number of rotatable bonds is 5.